The molecular weight excluding hydrogens is 483 g/mol. The number of methoxy groups -OCH3 is 1. The molecule has 1 atom stereocenters. The molecule has 3 rings (SSSR count). The smallest absolute Gasteiger partial charge is 0.377 e. The minimum atomic E-state index is -4.74. The molecular formula is C18H17BrF3N7O2. The number of aromatic nitrogens is 5. The van der Waals surface area contributed by atoms with Crippen LogP contribution >= 0.6 is 15.9 Å². The fourth-order valence-electron chi connectivity index (χ4n) is 2.72. The third-order valence-electron chi connectivity index (χ3n) is 4.28. The molecule has 0 spiro atoms. The van der Waals surface area contributed by atoms with Crippen LogP contribution in [0.4, 0.5) is 29.3 Å². The van der Waals surface area contributed by atoms with Gasteiger partial charge >= 0.3 is 12.2 Å². The zero-order valence-corrected chi connectivity index (χ0v) is 18.1. The van der Waals surface area contributed by atoms with Crippen LogP contribution in [-0.2, 0) is 10.9 Å². The number of pyridine rings is 2. The van der Waals surface area contributed by atoms with E-state index in [0.29, 0.717) is 21.4 Å². The number of nitrogens with zero attached hydrogens (tertiary/aromatic N) is 5. The Morgan fingerprint density at radius 3 is 2.48 bits per heavy atom. The molecule has 0 aliphatic heterocycles. The summed E-state index contributed by atoms with van der Waals surface area (Å²) in [5.74, 6) is -0.508. The van der Waals surface area contributed by atoms with E-state index in [0.717, 1.165) is 17.1 Å². The molecule has 0 aliphatic rings. The highest BCUT2D eigenvalue weighted by Gasteiger charge is 2.36. The molecule has 3 aromatic rings. The molecule has 13 heteroatoms. The van der Waals surface area contributed by atoms with Crippen molar-refractivity contribution in [3.63, 3.8) is 0 Å². The molecule has 0 fully saturated rings. The summed E-state index contributed by atoms with van der Waals surface area (Å²) < 4.78 is 46.5. The van der Waals surface area contributed by atoms with Gasteiger partial charge in [0.05, 0.1) is 48.0 Å². The predicted molar refractivity (Wildman–Crippen MR) is 109 cm³/mol. The maximum absolute atomic E-state index is 13.5. The highest BCUT2D eigenvalue weighted by molar-refractivity contribution is 9.10. The van der Waals surface area contributed by atoms with Gasteiger partial charge in [-0.15, -0.1) is 4.80 Å². The van der Waals surface area contributed by atoms with Crippen molar-refractivity contribution in [3.8, 4) is 5.82 Å². The lowest BCUT2D eigenvalue weighted by molar-refractivity contribution is -0.137. The van der Waals surface area contributed by atoms with Gasteiger partial charge in [0.1, 0.15) is 5.56 Å². The summed E-state index contributed by atoms with van der Waals surface area (Å²) in [7, 11) is 1.51. The van der Waals surface area contributed by atoms with E-state index in [2.05, 4.69) is 46.7 Å². The van der Waals surface area contributed by atoms with Crippen molar-refractivity contribution in [2.45, 2.75) is 26.1 Å². The SMILES string of the molecule is CO[C@@H](C)c1c(NC(=O)Nc2cnc(-n3nccn3)c(C(F)(F)F)c2)cnc(C)c1Br. The van der Waals surface area contributed by atoms with E-state index in [9.17, 15) is 18.0 Å². The van der Waals surface area contributed by atoms with E-state index in [4.69, 9.17) is 4.74 Å². The van der Waals surface area contributed by atoms with E-state index in [1.165, 1.54) is 25.7 Å². The lowest BCUT2D eigenvalue weighted by atomic mass is 10.1. The van der Waals surface area contributed by atoms with Crippen LogP contribution in [0.2, 0.25) is 0 Å². The first-order chi connectivity index (χ1) is 14.6. The van der Waals surface area contributed by atoms with E-state index in [1.54, 1.807) is 13.8 Å². The van der Waals surface area contributed by atoms with E-state index in [-0.39, 0.29) is 11.8 Å². The average molecular weight is 500 g/mol. The maximum atomic E-state index is 13.5. The lowest BCUT2D eigenvalue weighted by Crippen LogP contribution is -2.22. The van der Waals surface area contributed by atoms with Crippen LogP contribution in [0.3, 0.4) is 0 Å². The summed E-state index contributed by atoms with van der Waals surface area (Å²) in [6, 6.07) is -0.0187. The predicted octanol–water partition coefficient (Wildman–Crippen LogP) is 4.50. The van der Waals surface area contributed by atoms with Crippen molar-refractivity contribution < 1.29 is 22.7 Å². The monoisotopic (exact) mass is 499 g/mol. The molecule has 3 heterocycles. The van der Waals surface area contributed by atoms with Gasteiger partial charge in [0.25, 0.3) is 0 Å². The summed E-state index contributed by atoms with van der Waals surface area (Å²) in [6.07, 6.45) is -0.143. The van der Waals surface area contributed by atoms with Crippen molar-refractivity contribution in [2.75, 3.05) is 17.7 Å². The van der Waals surface area contributed by atoms with Crippen molar-refractivity contribution in [1.82, 2.24) is 25.0 Å². The van der Waals surface area contributed by atoms with Gasteiger partial charge in [0, 0.05) is 17.1 Å². The molecule has 2 N–H and O–H groups in total. The van der Waals surface area contributed by atoms with Crippen molar-refractivity contribution in [3.05, 3.63) is 52.1 Å². The van der Waals surface area contributed by atoms with Gasteiger partial charge in [-0.05, 0) is 35.8 Å². The number of anilines is 2. The topological polar surface area (TPSA) is 107 Å². The van der Waals surface area contributed by atoms with Crippen LogP contribution in [-0.4, -0.2) is 38.1 Å². The Labute approximate surface area is 183 Å². The fourth-order valence-corrected chi connectivity index (χ4v) is 3.36. The number of amides is 2. The number of carbonyl (C=O) groups excluding carboxylic acids is 1. The minimum absolute atomic E-state index is 0.166. The first-order valence-corrected chi connectivity index (χ1v) is 9.60. The number of hydrogen-bond acceptors (Lipinski definition) is 6. The lowest BCUT2D eigenvalue weighted by Gasteiger charge is -2.19. The Morgan fingerprint density at radius 1 is 1.19 bits per heavy atom. The molecule has 2 amide bonds. The number of alkyl halides is 3. The molecule has 0 saturated heterocycles. The van der Waals surface area contributed by atoms with Gasteiger partial charge in [0.2, 0.25) is 0 Å². The maximum Gasteiger partial charge on any atom is 0.420 e. The van der Waals surface area contributed by atoms with Crippen LogP contribution in [0.1, 0.15) is 29.8 Å². The second-order valence-electron chi connectivity index (χ2n) is 6.35. The van der Waals surface area contributed by atoms with Gasteiger partial charge in [-0.3, -0.25) is 4.98 Å². The summed E-state index contributed by atoms with van der Waals surface area (Å²) in [4.78, 5) is 21.2. The van der Waals surface area contributed by atoms with Crippen LogP contribution in [0, 0.1) is 6.92 Å². The van der Waals surface area contributed by atoms with Crippen molar-refractivity contribution in [1.29, 1.82) is 0 Å². The Balaban J connectivity index is 1.87. The zero-order valence-electron chi connectivity index (χ0n) is 16.5. The van der Waals surface area contributed by atoms with Crippen LogP contribution in [0.25, 0.3) is 5.82 Å². The average Bonchev–Trinajstić information content (AvgIpc) is 3.24. The Morgan fingerprint density at radius 2 is 1.87 bits per heavy atom. The second kappa shape index (κ2) is 8.98. The number of urea groups is 1. The summed E-state index contributed by atoms with van der Waals surface area (Å²) >= 11 is 3.42. The van der Waals surface area contributed by atoms with E-state index >= 15 is 0 Å². The third-order valence-corrected chi connectivity index (χ3v) is 5.28. The molecule has 0 radical (unpaired) electrons. The summed E-state index contributed by atoms with van der Waals surface area (Å²) in [5, 5.41) is 12.3. The van der Waals surface area contributed by atoms with Crippen molar-refractivity contribution >= 4 is 33.3 Å². The number of hydrogen-bond donors (Lipinski definition) is 2. The van der Waals surface area contributed by atoms with Gasteiger partial charge in [-0.1, -0.05) is 0 Å². The Kier molecular flexibility index (Phi) is 6.55. The number of nitrogens with one attached hydrogen (secondary N) is 2. The molecule has 0 aromatic carbocycles. The van der Waals surface area contributed by atoms with Gasteiger partial charge in [-0.25, -0.2) is 9.78 Å². The minimum Gasteiger partial charge on any atom is -0.377 e. The molecule has 0 saturated carbocycles. The van der Waals surface area contributed by atoms with E-state index in [1.807, 2.05) is 0 Å². The fraction of sp³-hybridized carbons (Fsp3) is 0.278. The number of carbonyl (C=O) groups is 1. The largest absolute Gasteiger partial charge is 0.420 e. The quantitative estimate of drug-likeness (QED) is 0.535. The molecule has 0 unspecified atom stereocenters. The molecule has 3 aromatic heterocycles. The number of aryl methyl sites for hydroxylation is 1. The summed E-state index contributed by atoms with van der Waals surface area (Å²) in [6.45, 7) is 3.56. The van der Waals surface area contributed by atoms with Crippen LogP contribution in [0.15, 0.2) is 35.3 Å². The highest BCUT2D eigenvalue weighted by atomic mass is 79.9. The second-order valence-corrected chi connectivity index (χ2v) is 7.15. The first kappa shape index (κ1) is 22.6. The molecule has 9 nitrogen and oxygen atoms in total. The number of halogens is 4. The first-order valence-electron chi connectivity index (χ1n) is 8.81. The van der Waals surface area contributed by atoms with Gasteiger partial charge in [0.15, 0.2) is 5.82 Å². The zero-order chi connectivity index (χ0) is 22.8. The van der Waals surface area contributed by atoms with Crippen LogP contribution in [0.5, 0.6) is 0 Å². The number of ether oxygens (including phenoxy) is 1. The normalized spacial score (nSPS) is 12.5. The molecule has 0 bridgehead atoms. The van der Waals surface area contributed by atoms with Crippen LogP contribution < -0.4 is 10.6 Å². The standard InChI is InChI=1S/C18H17BrF3N7O2/c1-9-15(19)14(10(2)31-3)13(8-23-9)28-17(30)27-11-6-12(18(20,21)22)16(24-7-11)29-25-4-5-26-29/h4-8,10H,1-3H3,(H2,27,28,30)/t10-/m0/s1. The van der Waals surface area contributed by atoms with Gasteiger partial charge < -0.3 is 15.4 Å². The Bertz CT molecular complexity index is 1090. The van der Waals surface area contributed by atoms with Gasteiger partial charge in [-0.2, -0.15) is 23.4 Å². The molecule has 31 heavy (non-hydrogen) atoms. The third kappa shape index (κ3) is 4.99. The van der Waals surface area contributed by atoms with Crippen molar-refractivity contribution in [2.24, 2.45) is 0 Å². The number of rotatable bonds is 5. The summed E-state index contributed by atoms with van der Waals surface area (Å²) in [5.41, 5.74) is 0.396. The highest BCUT2D eigenvalue weighted by Crippen LogP contribution is 2.35. The van der Waals surface area contributed by atoms with E-state index < -0.39 is 23.6 Å². The molecule has 164 valence electrons. The molecule has 0 aliphatic carbocycles. The Hall–Kier alpha value is -3.06.